The van der Waals surface area contributed by atoms with Gasteiger partial charge in [0.05, 0.1) is 19.9 Å². The molecule has 1 N–H and O–H groups in total. The third-order valence-electron chi connectivity index (χ3n) is 3.18. The van der Waals surface area contributed by atoms with Crippen LogP contribution in [0.2, 0.25) is 0 Å². The Morgan fingerprint density at radius 1 is 1.20 bits per heavy atom. The van der Waals surface area contributed by atoms with Crippen LogP contribution in [0.1, 0.15) is 20.3 Å². The Balaban J connectivity index is 2.55. The zero-order chi connectivity index (χ0) is 15.0. The van der Waals surface area contributed by atoms with E-state index in [0.717, 1.165) is 24.5 Å². The number of benzene rings is 1. The fourth-order valence-electron chi connectivity index (χ4n) is 1.98. The lowest BCUT2D eigenvalue weighted by Crippen LogP contribution is -2.31. The summed E-state index contributed by atoms with van der Waals surface area (Å²) >= 11 is 0. The van der Waals surface area contributed by atoms with E-state index in [-0.39, 0.29) is 5.91 Å². The second kappa shape index (κ2) is 8.30. The molecule has 0 aliphatic rings. The number of rotatable bonds is 8. The van der Waals surface area contributed by atoms with Crippen LogP contribution in [0.25, 0.3) is 0 Å². The average molecular weight is 280 g/mol. The third-order valence-corrected chi connectivity index (χ3v) is 3.18. The Morgan fingerprint density at radius 2 is 1.90 bits per heavy atom. The number of nitrogens with zero attached hydrogens (tertiary/aromatic N) is 1. The molecule has 0 saturated carbocycles. The van der Waals surface area contributed by atoms with Gasteiger partial charge in [-0.1, -0.05) is 0 Å². The maximum atomic E-state index is 11.9. The number of carbonyl (C=O) groups is 1. The van der Waals surface area contributed by atoms with Crippen LogP contribution in [0.5, 0.6) is 11.5 Å². The van der Waals surface area contributed by atoms with E-state index in [0.29, 0.717) is 18.7 Å². The number of anilines is 1. The van der Waals surface area contributed by atoms with Gasteiger partial charge in [0, 0.05) is 32.1 Å². The highest BCUT2D eigenvalue weighted by molar-refractivity contribution is 5.76. The fraction of sp³-hybridized carbons (Fsp3) is 0.533. The molecule has 0 fully saturated rings. The number of nitrogens with one attached hydrogen (secondary N) is 1. The predicted octanol–water partition coefficient (Wildman–Crippen LogP) is 2.37. The molecule has 112 valence electrons. The van der Waals surface area contributed by atoms with Crippen molar-refractivity contribution in [1.82, 2.24) is 4.90 Å². The van der Waals surface area contributed by atoms with Crippen molar-refractivity contribution in [3.05, 3.63) is 18.2 Å². The molecular formula is C15H24N2O3. The lowest BCUT2D eigenvalue weighted by molar-refractivity contribution is -0.130. The number of ether oxygens (including phenoxy) is 2. The highest BCUT2D eigenvalue weighted by Gasteiger charge is 2.10. The maximum Gasteiger partial charge on any atom is 0.224 e. The summed E-state index contributed by atoms with van der Waals surface area (Å²) in [7, 11) is 3.23. The van der Waals surface area contributed by atoms with E-state index < -0.39 is 0 Å². The van der Waals surface area contributed by atoms with Crippen LogP contribution in [0.4, 0.5) is 5.69 Å². The normalized spacial score (nSPS) is 10.0. The standard InChI is InChI=1S/C15H24N2O3/c1-5-17(6-2)15(18)9-10-16-13-8-7-12(19-3)11-14(13)20-4/h7-8,11,16H,5-6,9-10H2,1-4H3. The molecule has 1 rings (SSSR count). The number of hydrogen-bond acceptors (Lipinski definition) is 4. The van der Waals surface area contributed by atoms with Crippen molar-refractivity contribution < 1.29 is 14.3 Å². The zero-order valence-electron chi connectivity index (χ0n) is 12.7. The van der Waals surface area contributed by atoms with Crippen molar-refractivity contribution in [2.75, 3.05) is 39.2 Å². The smallest absolute Gasteiger partial charge is 0.224 e. The molecule has 0 radical (unpaired) electrons. The Hall–Kier alpha value is -1.91. The summed E-state index contributed by atoms with van der Waals surface area (Å²) in [5.41, 5.74) is 0.862. The molecule has 5 nitrogen and oxygen atoms in total. The molecule has 5 heteroatoms. The largest absolute Gasteiger partial charge is 0.497 e. The van der Waals surface area contributed by atoms with Crippen LogP contribution in [0.3, 0.4) is 0 Å². The van der Waals surface area contributed by atoms with E-state index >= 15 is 0 Å². The summed E-state index contributed by atoms with van der Waals surface area (Å²) in [6.07, 6.45) is 0.469. The molecule has 0 bridgehead atoms. The minimum absolute atomic E-state index is 0.162. The van der Waals surface area contributed by atoms with Crippen LogP contribution in [0, 0.1) is 0 Å². The highest BCUT2D eigenvalue weighted by Crippen LogP contribution is 2.28. The second-order valence-corrected chi connectivity index (χ2v) is 4.31. The Morgan fingerprint density at radius 3 is 2.45 bits per heavy atom. The van der Waals surface area contributed by atoms with Gasteiger partial charge >= 0.3 is 0 Å². The van der Waals surface area contributed by atoms with Crippen LogP contribution in [0.15, 0.2) is 18.2 Å². The van der Waals surface area contributed by atoms with Crippen molar-refractivity contribution in [3.63, 3.8) is 0 Å². The van der Waals surface area contributed by atoms with Crippen molar-refractivity contribution in [1.29, 1.82) is 0 Å². The Labute approximate surface area is 120 Å². The lowest BCUT2D eigenvalue weighted by Gasteiger charge is -2.19. The maximum absolute atomic E-state index is 11.9. The number of methoxy groups -OCH3 is 2. The minimum Gasteiger partial charge on any atom is -0.497 e. The molecule has 0 spiro atoms. The first kappa shape index (κ1) is 16.1. The van der Waals surface area contributed by atoms with E-state index in [1.54, 1.807) is 14.2 Å². The van der Waals surface area contributed by atoms with E-state index in [9.17, 15) is 4.79 Å². The monoisotopic (exact) mass is 280 g/mol. The van der Waals surface area contributed by atoms with Gasteiger partial charge in [0.15, 0.2) is 0 Å². The first-order valence-corrected chi connectivity index (χ1v) is 6.89. The molecule has 20 heavy (non-hydrogen) atoms. The van der Waals surface area contributed by atoms with Crippen LogP contribution >= 0.6 is 0 Å². The molecule has 0 aliphatic carbocycles. The highest BCUT2D eigenvalue weighted by atomic mass is 16.5. The molecule has 0 unspecified atom stereocenters. The van der Waals surface area contributed by atoms with Crippen LogP contribution < -0.4 is 14.8 Å². The summed E-state index contributed by atoms with van der Waals surface area (Å²) in [5, 5.41) is 3.22. The second-order valence-electron chi connectivity index (χ2n) is 4.31. The molecular weight excluding hydrogens is 256 g/mol. The van der Waals surface area contributed by atoms with Crippen molar-refractivity contribution in [3.8, 4) is 11.5 Å². The molecule has 0 aliphatic heterocycles. The summed E-state index contributed by atoms with van der Waals surface area (Å²) in [5.74, 6) is 1.61. The number of hydrogen-bond donors (Lipinski definition) is 1. The first-order chi connectivity index (χ1) is 9.65. The minimum atomic E-state index is 0.162. The van der Waals surface area contributed by atoms with Crippen LogP contribution in [-0.2, 0) is 4.79 Å². The molecule has 1 aromatic rings. The van der Waals surface area contributed by atoms with Gasteiger partial charge in [-0.2, -0.15) is 0 Å². The van der Waals surface area contributed by atoms with E-state index in [2.05, 4.69) is 5.32 Å². The van der Waals surface area contributed by atoms with Crippen molar-refractivity contribution in [2.45, 2.75) is 20.3 Å². The topological polar surface area (TPSA) is 50.8 Å². The predicted molar refractivity (Wildman–Crippen MR) is 80.6 cm³/mol. The lowest BCUT2D eigenvalue weighted by atomic mass is 10.2. The van der Waals surface area contributed by atoms with Gasteiger partial charge in [0.25, 0.3) is 0 Å². The summed E-state index contributed by atoms with van der Waals surface area (Å²) in [6, 6.07) is 5.56. The average Bonchev–Trinajstić information content (AvgIpc) is 2.48. The zero-order valence-corrected chi connectivity index (χ0v) is 12.7. The molecule has 1 aromatic carbocycles. The third kappa shape index (κ3) is 4.33. The van der Waals surface area contributed by atoms with Gasteiger partial charge in [0.2, 0.25) is 5.91 Å². The van der Waals surface area contributed by atoms with Gasteiger partial charge in [-0.3, -0.25) is 4.79 Å². The van der Waals surface area contributed by atoms with Crippen molar-refractivity contribution in [2.24, 2.45) is 0 Å². The van der Waals surface area contributed by atoms with Gasteiger partial charge in [-0.05, 0) is 26.0 Å². The number of carbonyl (C=O) groups excluding carboxylic acids is 1. The summed E-state index contributed by atoms with van der Waals surface area (Å²) in [4.78, 5) is 13.7. The van der Waals surface area contributed by atoms with Gasteiger partial charge < -0.3 is 19.7 Å². The molecule has 0 saturated heterocycles. The van der Waals surface area contributed by atoms with E-state index in [1.165, 1.54) is 0 Å². The number of amides is 1. The van der Waals surface area contributed by atoms with Crippen molar-refractivity contribution >= 4 is 11.6 Å². The summed E-state index contributed by atoms with van der Waals surface area (Å²) < 4.78 is 10.4. The van der Waals surface area contributed by atoms with E-state index in [4.69, 9.17) is 9.47 Å². The molecule has 0 aromatic heterocycles. The molecule has 0 heterocycles. The quantitative estimate of drug-likeness (QED) is 0.794. The Bertz CT molecular complexity index is 431. The first-order valence-electron chi connectivity index (χ1n) is 6.89. The van der Waals surface area contributed by atoms with Crippen LogP contribution in [-0.4, -0.2) is 44.7 Å². The van der Waals surface area contributed by atoms with Gasteiger partial charge in [-0.15, -0.1) is 0 Å². The molecule has 1 amide bonds. The summed E-state index contributed by atoms with van der Waals surface area (Å²) in [6.45, 7) is 6.06. The fourth-order valence-corrected chi connectivity index (χ4v) is 1.98. The van der Waals surface area contributed by atoms with Gasteiger partial charge in [-0.25, -0.2) is 0 Å². The Kier molecular flexibility index (Phi) is 6.70. The van der Waals surface area contributed by atoms with Gasteiger partial charge in [0.1, 0.15) is 11.5 Å². The SMILES string of the molecule is CCN(CC)C(=O)CCNc1ccc(OC)cc1OC. The molecule has 0 atom stereocenters. The van der Waals surface area contributed by atoms with E-state index in [1.807, 2.05) is 36.9 Å².